The van der Waals surface area contributed by atoms with E-state index in [1.807, 2.05) is 18.2 Å². The van der Waals surface area contributed by atoms with Gasteiger partial charge in [0.05, 0.1) is 7.11 Å². The fourth-order valence-electron chi connectivity index (χ4n) is 0.923. The zero-order valence-electron chi connectivity index (χ0n) is 7.92. The van der Waals surface area contributed by atoms with Crippen LogP contribution in [-0.2, 0) is 0 Å². The van der Waals surface area contributed by atoms with Gasteiger partial charge in [0.25, 0.3) is 0 Å². The lowest BCUT2D eigenvalue weighted by Gasteiger charge is -2.06. The molecule has 0 aliphatic carbocycles. The first-order valence-corrected chi connectivity index (χ1v) is 5.39. The Hall–Kier alpha value is -0.800. The Kier molecular flexibility index (Phi) is 4.17. The van der Waals surface area contributed by atoms with E-state index in [4.69, 9.17) is 22.1 Å². The highest BCUT2D eigenvalue weighted by Gasteiger charge is 2.02. The van der Waals surface area contributed by atoms with Crippen LogP contribution in [0.1, 0.15) is 0 Å². The standard InChI is InChI=1S/C10H12ClNOS/c1-7(11)6-14-10-5-8(13-2)3-4-9(10)12/h3-5H,1,6,12H2,2H3. The summed E-state index contributed by atoms with van der Waals surface area (Å²) < 4.78 is 5.09. The van der Waals surface area contributed by atoms with Crippen LogP contribution >= 0.6 is 23.4 Å². The molecule has 1 rings (SSSR count). The summed E-state index contributed by atoms with van der Waals surface area (Å²) in [6.07, 6.45) is 0. The van der Waals surface area contributed by atoms with Gasteiger partial charge in [-0.3, -0.25) is 0 Å². The molecule has 0 saturated heterocycles. The number of hydrogen-bond donors (Lipinski definition) is 1. The fourth-order valence-corrected chi connectivity index (χ4v) is 1.83. The Morgan fingerprint density at radius 2 is 2.36 bits per heavy atom. The summed E-state index contributed by atoms with van der Waals surface area (Å²) in [6, 6.07) is 5.53. The van der Waals surface area contributed by atoms with E-state index < -0.39 is 0 Å². The summed E-state index contributed by atoms with van der Waals surface area (Å²) in [7, 11) is 1.63. The molecular formula is C10H12ClNOS. The average Bonchev–Trinajstić information content (AvgIpc) is 2.16. The summed E-state index contributed by atoms with van der Waals surface area (Å²) in [6.45, 7) is 3.61. The number of benzene rings is 1. The van der Waals surface area contributed by atoms with Crippen LogP contribution in [0.3, 0.4) is 0 Å². The van der Waals surface area contributed by atoms with Gasteiger partial charge in [0.15, 0.2) is 0 Å². The number of anilines is 1. The van der Waals surface area contributed by atoms with E-state index in [2.05, 4.69) is 6.58 Å². The summed E-state index contributed by atoms with van der Waals surface area (Å²) >= 11 is 7.21. The van der Waals surface area contributed by atoms with E-state index in [9.17, 15) is 0 Å². The third-order valence-electron chi connectivity index (χ3n) is 1.61. The van der Waals surface area contributed by atoms with Crippen LogP contribution in [-0.4, -0.2) is 12.9 Å². The average molecular weight is 230 g/mol. The number of ether oxygens (including phenoxy) is 1. The van der Waals surface area contributed by atoms with Crippen molar-refractivity contribution >= 4 is 29.1 Å². The van der Waals surface area contributed by atoms with Gasteiger partial charge in [-0.25, -0.2) is 0 Å². The quantitative estimate of drug-likeness (QED) is 0.637. The first kappa shape index (κ1) is 11.3. The van der Waals surface area contributed by atoms with Crippen LogP contribution in [0.15, 0.2) is 34.7 Å². The number of hydrogen-bond acceptors (Lipinski definition) is 3. The molecule has 0 unspecified atom stereocenters. The third-order valence-corrected chi connectivity index (χ3v) is 3.05. The minimum Gasteiger partial charge on any atom is -0.497 e. The fraction of sp³-hybridized carbons (Fsp3) is 0.200. The van der Waals surface area contributed by atoms with E-state index >= 15 is 0 Å². The van der Waals surface area contributed by atoms with Crippen LogP contribution < -0.4 is 10.5 Å². The highest BCUT2D eigenvalue weighted by molar-refractivity contribution is 7.99. The molecule has 0 spiro atoms. The second kappa shape index (κ2) is 5.17. The van der Waals surface area contributed by atoms with E-state index in [0.717, 1.165) is 16.3 Å². The lowest BCUT2D eigenvalue weighted by atomic mass is 10.3. The summed E-state index contributed by atoms with van der Waals surface area (Å²) in [4.78, 5) is 0.964. The molecule has 1 aromatic carbocycles. The maximum absolute atomic E-state index is 5.78. The van der Waals surface area contributed by atoms with Gasteiger partial charge in [0, 0.05) is 21.4 Å². The minimum atomic E-state index is 0.609. The van der Waals surface area contributed by atoms with Crippen LogP contribution in [0.4, 0.5) is 5.69 Å². The molecule has 1 aromatic rings. The lowest BCUT2D eigenvalue weighted by molar-refractivity contribution is 0.414. The van der Waals surface area contributed by atoms with Crippen LogP contribution in [0.25, 0.3) is 0 Å². The monoisotopic (exact) mass is 229 g/mol. The van der Waals surface area contributed by atoms with Crippen LogP contribution in [0.5, 0.6) is 5.75 Å². The van der Waals surface area contributed by atoms with Crippen molar-refractivity contribution in [1.29, 1.82) is 0 Å². The molecule has 0 aliphatic rings. The number of nitrogen functional groups attached to an aromatic ring is 1. The van der Waals surface area contributed by atoms with Crippen LogP contribution in [0, 0.1) is 0 Å². The van der Waals surface area contributed by atoms with Gasteiger partial charge in [-0.15, -0.1) is 11.8 Å². The van der Waals surface area contributed by atoms with Crippen molar-refractivity contribution in [1.82, 2.24) is 0 Å². The molecule has 0 heterocycles. The first-order valence-electron chi connectivity index (χ1n) is 4.03. The Morgan fingerprint density at radius 1 is 1.64 bits per heavy atom. The second-order valence-corrected chi connectivity index (χ2v) is 4.26. The molecule has 0 saturated carbocycles. The second-order valence-electron chi connectivity index (χ2n) is 2.71. The summed E-state index contributed by atoms with van der Waals surface area (Å²) in [5, 5.41) is 0.609. The third kappa shape index (κ3) is 3.16. The predicted molar refractivity (Wildman–Crippen MR) is 63.1 cm³/mol. The van der Waals surface area contributed by atoms with E-state index in [0.29, 0.717) is 10.8 Å². The number of nitrogens with two attached hydrogens (primary N) is 1. The number of thioether (sulfide) groups is 1. The van der Waals surface area contributed by atoms with E-state index in [-0.39, 0.29) is 0 Å². The van der Waals surface area contributed by atoms with Crippen molar-refractivity contribution in [2.45, 2.75) is 4.90 Å². The van der Waals surface area contributed by atoms with Gasteiger partial charge in [-0.1, -0.05) is 18.2 Å². The van der Waals surface area contributed by atoms with Crippen molar-refractivity contribution in [2.75, 3.05) is 18.6 Å². The number of halogens is 1. The number of methoxy groups -OCH3 is 1. The molecule has 76 valence electrons. The Labute approximate surface area is 93.1 Å². The van der Waals surface area contributed by atoms with Gasteiger partial charge >= 0.3 is 0 Å². The molecule has 4 heteroatoms. The molecule has 2 N–H and O–H groups in total. The Morgan fingerprint density at radius 3 is 2.93 bits per heavy atom. The maximum atomic E-state index is 5.78. The topological polar surface area (TPSA) is 35.2 Å². The molecule has 0 radical (unpaired) electrons. The molecule has 0 aliphatic heterocycles. The first-order chi connectivity index (χ1) is 6.63. The van der Waals surface area contributed by atoms with E-state index in [1.54, 1.807) is 18.9 Å². The molecule has 0 aromatic heterocycles. The zero-order chi connectivity index (χ0) is 10.6. The highest BCUT2D eigenvalue weighted by Crippen LogP contribution is 2.30. The molecule has 0 bridgehead atoms. The van der Waals surface area contributed by atoms with Gasteiger partial charge < -0.3 is 10.5 Å². The normalized spacial score (nSPS) is 9.86. The molecule has 0 atom stereocenters. The van der Waals surface area contributed by atoms with Gasteiger partial charge in [-0.2, -0.15) is 0 Å². The summed E-state index contributed by atoms with van der Waals surface area (Å²) in [5.41, 5.74) is 6.51. The van der Waals surface area contributed by atoms with Crippen molar-refractivity contribution < 1.29 is 4.74 Å². The van der Waals surface area contributed by atoms with Gasteiger partial charge in [0.1, 0.15) is 5.75 Å². The molecule has 2 nitrogen and oxygen atoms in total. The largest absolute Gasteiger partial charge is 0.497 e. The minimum absolute atomic E-state index is 0.609. The van der Waals surface area contributed by atoms with Crippen LogP contribution in [0.2, 0.25) is 0 Å². The smallest absolute Gasteiger partial charge is 0.120 e. The van der Waals surface area contributed by atoms with Crippen molar-refractivity contribution in [3.05, 3.63) is 29.8 Å². The van der Waals surface area contributed by atoms with Crippen molar-refractivity contribution in [3.63, 3.8) is 0 Å². The SMILES string of the molecule is C=C(Cl)CSc1cc(OC)ccc1N. The Bertz CT molecular complexity index is 341. The number of rotatable bonds is 4. The Balaban J connectivity index is 2.78. The van der Waals surface area contributed by atoms with Crippen molar-refractivity contribution in [2.24, 2.45) is 0 Å². The molecule has 0 amide bonds. The predicted octanol–water partition coefficient (Wildman–Crippen LogP) is 3.12. The molecular weight excluding hydrogens is 218 g/mol. The van der Waals surface area contributed by atoms with E-state index in [1.165, 1.54) is 0 Å². The van der Waals surface area contributed by atoms with Crippen molar-refractivity contribution in [3.8, 4) is 5.75 Å². The maximum Gasteiger partial charge on any atom is 0.120 e. The molecule has 14 heavy (non-hydrogen) atoms. The molecule has 0 fully saturated rings. The highest BCUT2D eigenvalue weighted by atomic mass is 35.5. The zero-order valence-corrected chi connectivity index (χ0v) is 9.49. The summed E-state index contributed by atoms with van der Waals surface area (Å²) in [5.74, 6) is 1.45. The van der Waals surface area contributed by atoms with Gasteiger partial charge in [0.2, 0.25) is 0 Å². The lowest BCUT2D eigenvalue weighted by Crippen LogP contribution is -1.91. The van der Waals surface area contributed by atoms with Gasteiger partial charge in [-0.05, 0) is 18.2 Å².